The molecule has 0 amide bonds. The molecule has 0 aromatic carbocycles. The fourth-order valence-electron chi connectivity index (χ4n) is 4.81. The SMILES string of the molecule is CN=C(NCC(C1CCCCC1)N(C)C)N1CCOC(C2CCCO2)C1. The molecule has 3 rings (SSSR count). The van der Waals surface area contributed by atoms with Gasteiger partial charge >= 0.3 is 0 Å². The lowest BCUT2D eigenvalue weighted by atomic mass is 9.83. The fraction of sp³-hybridized carbons (Fsp3) is 0.950. The largest absolute Gasteiger partial charge is 0.375 e. The third-order valence-electron chi connectivity index (χ3n) is 6.31. The molecular weight excluding hydrogens is 328 g/mol. The number of aliphatic imine (C=N–C) groups is 1. The summed E-state index contributed by atoms with van der Waals surface area (Å²) in [5.74, 6) is 1.81. The van der Waals surface area contributed by atoms with E-state index in [1.165, 1.54) is 32.1 Å². The van der Waals surface area contributed by atoms with Crippen molar-refractivity contribution in [3.05, 3.63) is 0 Å². The first-order chi connectivity index (χ1) is 12.7. The van der Waals surface area contributed by atoms with E-state index < -0.39 is 0 Å². The molecule has 1 saturated carbocycles. The van der Waals surface area contributed by atoms with Crippen LogP contribution in [0.1, 0.15) is 44.9 Å². The van der Waals surface area contributed by atoms with Crippen LogP contribution in [0.2, 0.25) is 0 Å². The quantitative estimate of drug-likeness (QED) is 0.595. The summed E-state index contributed by atoms with van der Waals surface area (Å²) in [7, 11) is 6.32. The number of morpholine rings is 1. The van der Waals surface area contributed by atoms with Crippen LogP contribution in [0, 0.1) is 5.92 Å². The van der Waals surface area contributed by atoms with Gasteiger partial charge in [-0.25, -0.2) is 0 Å². The monoisotopic (exact) mass is 366 g/mol. The van der Waals surface area contributed by atoms with Gasteiger partial charge in [-0.15, -0.1) is 0 Å². The van der Waals surface area contributed by atoms with Crippen molar-refractivity contribution in [2.24, 2.45) is 10.9 Å². The second kappa shape index (κ2) is 9.90. The molecule has 0 radical (unpaired) electrons. The van der Waals surface area contributed by atoms with E-state index in [2.05, 4.69) is 34.2 Å². The molecule has 0 bridgehead atoms. The van der Waals surface area contributed by atoms with Crippen molar-refractivity contribution in [1.29, 1.82) is 0 Å². The number of ether oxygens (including phenoxy) is 2. The predicted molar refractivity (Wildman–Crippen MR) is 106 cm³/mol. The highest BCUT2D eigenvalue weighted by atomic mass is 16.5. The lowest BCUT2D eigenvalue weighted by molar-refractivity contribution is -0.0817. The molecule has 0 aromatic rings. The van der Waals surface area contributed by atoms with Crippen LogP contribution in [-0.4, -0.2) is 88.0 Å². The Labute approximate surface area is 159 Å². The van der Waals surface area contributed by atoms with Gasteiger partial charge in [0.1, 0.15) is 6.10 Å². The zero-order chi connectivity index (χ0) is 18.4. The molecule has 2 aliphatic heterocycles. The second-order valence-electron chi connectivity index (χ2n) is 8.26. The van der Waals surface area contributed by atoms with Crippen LogP contribution >= 0.6 is 0 Å². The highest BCUT2D eigenvalue weighted by Crippen LogP contribution is 2.28. The van der Waals surface area contributed by atoms with Crippen molar-refractivity contribution in [3.8, 4) is 0 Å². The average Bonchev–Trinajstić information content (AvgIpc) is 3.21. The maximum atomic E-state index is 5.99. The summed E-state index contributed by atoms with van der Waals surface area (Å²) in [6, 6.07) is 0.571. The van der Waals surface area contributed by atoms with Gasteiger partial charge in [-0.3, -0.25) is 4.99 Å². The normalized spacial score (nSPS) is 30.0. The molecular formula is C20H38N4O2. The van der Waals surface area contributed by atoms with E-state index in [0.717, 1.165) is 57.6 Å². The van der Waals surface area contributed by atoms with E-state index >= 15 is 0 Å². The zero-order valence-corrected chi connectivity index (χ0v) is 17.0. The summed E-state index contributed by atoms with van der Waals surface area (Å²) in [6.07, 6.45) is 9.61. The maximum Gasteiger partial charge on any atom is 0.193 e. The van der Waals surface area contributed by atoms with Crippen molar-refractivity contribution >= 4 is 5.96 Å². The van der Waals surface area contributed by atoms with Crippen LogP contribution in [0.3, 0.4) is 0 Å². The number of hydrogen-bond acceptors (Lipinski definition) is 4. The Morgan fingerprint density at radius 1 is 1.08 bits per heavy atom. The first-order valence-electron chi connectivity index (χ1n) is 10.5. The van der Waals surface area contributed by atoms with Gasteiger partial charge in [-0.1, -0.05) is 19.3 Å². The van der Waals surface area contributed by atoms with Gasteiger partial charge in [0, 0.05) is 39.3 Å². The third kappa shape index (κ3) is 5.11. The second-order valence-corrected chi connectivity index (χ2v) is 8.26. The van der Waals surface area contributed by atoms with E-state index in [1.54, 1.807) is 0 Å². The first kappa shape index (κ1) is 19.9. The Hall–Kier alpha value is -0.850. The minimum atomic E-state index is 0.174. The van der Waals surface area contributed by atoms with Gasteiger partial charge in [-0.05, 0) is 45.7 Å². The highest BCUT2D eigenvalue weighted by molar-refractivity contribution is 5.80. The summed E-state index contributed by atoms with van der Waals surface area (Å²) in [6.45, 7) is 4.38. The van der Waals surface area contributed by atoms with Gasteiger partial charge < -0.3 is 24.6 Å². The van der Waals surface area contributed by atoms with Crippen molar-refractivity contribution in [2.75, 3.05) is 54.0 Å². The summed E-state index contributed by atoms with van der Waals surface area (Å²) in [5, 5.41) is 3.67. The maximum absolute atomic E-state index is 5.99. The number of rotatable bonds is 5. The molecule has 2 heterocycles. The lowest BCUT2D eigenvalue weighted by Crippen LogP contribution is -2.55. The van der Waals surface area contributed by atoms with E-state index in [-0.39, 0.29) is 12.2 Å². The minimum Gasteiger partial charge on any atom is -0.375 e. The van der Waals surface area contributed by atoms with E-state index in [9.17, 15) is 0 Å². The Bertz CT molecular complexity index is 445. The molecule has 3 atom stereocenters. The Morgan fingerprint density at radius 2 is 1.85 bits per heavy atom. The van der Waals surface area contributed by atoms with Gasteiger partial charge in [-0.2, -0.15) is 0 Å². The summed E-state index contributed by atoms with van der Waals surface area (Å²) in [5.41, 5.74) is 0. The predicted octanol–water partition coefficient (Wildman–Crippen LogP) is 1.95. The molecule has 0 aromatic heterocycles. The average molecular weight is 367 g/mol. The van der Waals surface area contributed by atoms with Crippen molar-refractivity contribution in [2.45, 2.75) is 63.2 Å². The minimum absolute atomic E-state index is 0.174. The van der Waals surface area contributed by atoms with E-state index in [0.29, 0.717) is 6.04 Å². The number of nitrogens with one attached hydrogen (secondary N) is 1. The summed E-state index contributed by atoms with van der Waals surface area (Å²) >= 11 is 0. The molecule has 6 heteroatoms. The molecule has 26 heavy (non-hydrogen) atoms. The molecule has 3 unspecified atom stereocenters. The van der Waals surface area contributed by atoms with Crippen LogP contribution in [-0.2, 0) is 9.47 Å². The first-order valence-corrected chi connectivity index (χ1v) is 10.5. The van der Waals surface area contributed by atoms with Crippen LogP contribution < -0.4 is 5.32 Å². The number of hydrogen-bond donors (Lipinski definition) is 1. The molecule has 1 N–H and O–H groups in total. The Kier molecular flexibility index (Phi) is 7.58. The molecule has 0 spiro atoms. The van der Waals surface area contributed by atoms with Crippen LogP contribution in [0.5, 0.6) is 0 Å². The molecule has 3 fully saturated rings. The molecule has 2 saturated heterocycles. The van der Waals surface area contributed by atoms with Gasteiger partial charge in [0.15, 0.2) is 5.96 Å². The third-order valence-corrected chi connectivity index (χ3v) is 6.31. The van der Waals surface area contributed by atoms with Crippen LogP contribution in [0.4, 0.5) is 0 Å². The Morgan fingerprint density at radius 3 is 2.50 bits per heavy atom. The molecule has 3 aliphatic rings. The summed E-state index contributed by atoms with van der Waals surface area (Å²) in [4.78, 5) is 9.31. The fourth-order valence-corrected chi connectivity index (χ4v) is 4.81. The lowest BCUT2D eigenvalue weighted by Gasteiger charge is -2.39. The van der Waals surface area contributed by atoms with E-state index in [1.807, 2.05) is 7.05 Å². The topological polar surface area (TPSA) is 49.3 Å². The standard InChI is InChI=1S/C20H38N4O2/c1-21-20(22-14-17(23(2)3)16-8-5-4-6-9-16)24-11-13-26-19(15-24)18-10-7-12-25-18/h16-19H,4-15H2,1-3H3,(H,21,22). The summed E-state index contributed by atoms with van der Waals surface area (Å²) < 4.78 is 11.8. The van der Waals surface area contributed by atoms with Gasteiger partial charge in [0.05, 0.1) is 12.7 Å². The van der Waals surface area contributed by atoms with Crippen molar-refractivity contribution < 1.29 is 9.47 Å². The van der Waals surface area contributed by atoms with Crippen molar-refractivity contribution in [1.82, 2.24) is 15.1 Å². The van der Waals surface area contributed by atoms with Gasteiger partial charge in [0.25, 0.3) is 0 Å². The molecule has 6 nitrogen and oxygen atoms in total. The number of likely N-dealkylation sites (N-methyl/N-ethyl adjacent to an activating group) is 1. The zero-order valence-electron chi connectivity index (χ0n) is 17.0. The van der Waals surface area contributed by atoms with Crippen molar-refractivity contribution in [3.63, 3.8) is 0 Å². The van der Waals surface area contributed by atoms with E-state index in [4.69, 9.17) is 9.47 Å². The molecule has 150 valence electrons. The van der Waals surface area contributed by atoms with Crippen LogP contribution in [0.25, 0.3) is 0 Å². The number of guanidine groups is 1. The molecule has 1 aliphatic carbocycles. The van der Waals surface area contributed by atoms with Gasteiger partial charge in [0.2, 0.25) is 0 Å². The number of nitrogens with zero attached hydrogens (tertiary/aromatic N) is 3. The highest BCUT2D eigenvalue weighted by Gasteiger charge is 2.33. The smallest absolute Gasteiger partial charge is 0.193 e. The Balaban J connectivity index is 1.54. The van der Waals surface area contributed by atoms with Crippen LogP contribution in [0.15, 0.2) is 4.99 Å².